The average Bonchev–Trinajstić information content (AvgIpc) is 2.43. The molecule has 0 bridgehead atoms. The van der Waals surface area contributed by atoms with Crippen molar-refractivity contribution in [3.05, 3.63) is 48.1 Å². The molecular formula is C19H27N. The van der Waals surface area contributed by atoms with Crippen molar-refractivity contribution in [3.63, 3.8) is 0 Å². The van der Waals surface area contributed by atoms with Crippen LogP contribution in [0, 0.1) is 12.8 Å². The molecule has 0 aromatic heterocycles. The Hall–Kier alpha value is -1.63. The third-order valence-electron chi connectivity index (χ3n) is 3.79. The van der Waals surface area contributed by atoms with Crippen molar-refractivity contribution < 1.29 is 0 Å². The number of rotatable bonds is 6. The predicted molar refractivity (Wildman–Crippen MR) is 91.9 cm³/mol. The predicted octanol–water partition coefficient (Wildman–Crippen LogP) is 6.11. The second kappa shape index (κ2) is 7.84. The Balaban J connectivity index is 3.05. The van der Waals surface area contributed by atoms with Gasteiger partial charge < -0.3 is 0 Å². The van der Waals surface area contributed by atoms with Gasteiger partial charge in [0.1, 0.15) is 0 Å². The highest BCUT2D eigenvalue weighted by molar-refractivity contribution is 5.87. The Morgan fingerprint density at radius 2 is 2.10 bits per heavy atom. The fraction of sp³-hybridized carbons (Fsp3) is 0.421. The molecule has 1 unspecified atom stereocenters. The summed E-state index contributed by atoms with van der Waals surface area (Å²) in [6, 6.07) is 6.42. The first kappa shape index (κ1) is 16.4. The fourth-order valence-corrected chi connectivity index (χ4v) is 2.30. The van der Waals surface area contributed by atoms with Gasteiger partial charge in [0.25, 0.3) is 0 Å². The van der Waals surface area contributed by atoms with E-state index in [1.807, 2.05) is 13.0 Å². The molecule has 20 heavy (non-hydrogen) atoms. The van der Waals surface area contributed by atoms with Gasteiger partial charge in [0.05, 0.1) is 5.69 Å². The summed E-state index contributed by atoms with van der Waals surface area (Å²) in [4.78, 5) is 4.80. The molecule has 108 valence electrons. The summed E-state index contributed by atoms with van der Waals surface area (Å²) in [6.45, 7) is 14.6. The van der Waals surface area contributed by atoms with Gasteiger partial charge in [-0.3, -0.25) is 4.99 Å². The summed E-state index contributed by atoms with van der Waals surface area (Å²) >= 11 is 0. The summed E-state index contributed by atoms with van der Waals surface area (Å²) in [5.41, 5.74) is 5.89. The highest BCUT2D eigenvalue weighted by Gasteiger charge is 2.06. The van der Waals surface area contributed by atoms with Crippen molar-refractivity contribution in [2.24, 2.45) is 10.9 Å². The van der Waals surface area contributed by atoms with Crippen LogP contribution < -0.4 is 0 Å². The Morgan fingerprint density at radius 3 is 2.60 bits per heavy atom. The van der Waals surface area contributed by atoms with Gasteiger partial charge in [-0.15, -0.1) is 0 Å². The van der Waals surface area contributed by atoms with Gasteiger partial charge in [0.2, 0.25) is 0 Å². The topological polar surface area (TPSA) is 12.4 Å². The van der Waals surface area contributed by atoms with Crippen LogP contribution in [0.2, 0.25) is 0 Å². The first-order chi connectivity index (χ1) is 9.53. The first-order valence-corrected chi connectivity index (χ1v) is 7.48. The normalized spacial score (nSPS) is 14.2. The minimum atomic E-state index is 0.554. The fourth-order valence-electron chi connectivity index (χ4n) is 2.30. The lowest BCUT2D eigenvalue weighted by molar-refractivity contribution is 0.664. The maximum absolute atomic E-state index is 4.80. The van der Waals surface area contributed by atoms with Gasteiger partial charge in [-0.2, -0.15) is 0 Å². The molecule has 0 saturated heterocycles. The average molecular weight is 269 g/mol. The SMILES string of the molecule is C=C/C(=C\C)c1ccc(N=C(C)C(C)CCC)c(C)c1. The van der Waals surface area contributed by atoms with Crippen molar-refractivity contribution in [2.45, 2.75) is 47.5 Å². The second-order valence-corrected chi connectivity index (χ2v) is 5.39. The van der Waals surface area contributed by atoms with Crippen molar-refractivity contribution in [1.29, 1.82) is 0 Å². The zero-order valence-corrected chi connectivity index (χ0v) is 13.5. The van der Waals surface area contributed by atoms with Crippen LogP contribution in [0.4, 0.5) is 5.69 Å². The van der Waals surface area contributed by atoms with Crippen LogP contribution in [0.1, 0.15) is 51.7 Å². The maximum Gasteiger partial charge on any atom is 0.0658 e. The number of hydrogen-bond donors (Lipinski definition) is 0. The van der Waals surface area contributed by atoms with Crippen LogP contribution >= 0.6 is 0 Å². The molecule has 1 rings (SSSR count). The molecule has 0 aliphatic heterocycles. The van der Waals surface area contributed by atoms with E-state index in [0.717, 1.165) is 5.69 Å². The first-order valence-electron chi connectivity index (χ1n) is 7.48. The number of allylic oxidation sites excluding steroid dienone is 3. The van der Waals surface area contributed by atoms with E-state index < -0.39 is 0 Å². The van der Waals surface area contributed by atoms with E-state index in [4.69, 9.17) is 4.99 Å². The van der Waals surface area contributed by atoms with E-state index >= 15 is 0 Å². The van der Waals surface area contributed by atoms with Crippen LogP contribution in [0.5, 0.6) is 0 Å². The molecule has 0 aliphatic rings. The quantitative estimate of drug-likeness (QED) is 0.436. The van der Waals surface area contributed by atoms with E-state index in [9.17, 15) is 0 Å². The van der Waals surface area contributed by atoms with Gasteiger partial charge in [0, 0.05) is 5.71 Å². The van der Waals surface area contributed by atoms with Crippen molar-refractivity contribution in [2.75, 3.05) is 0 Å². The second-order valence-electron chi connectivity index (χ2n) is 5.39. The molecule has 1 aromatic carbocycles. The van der Waals surface area contributed by atoms with Gasteiger partial charge in [-0.1, -0.05) is 45.1 Å². The lowest BCUT2D eigenvalue weighted by atomic mass is 10.00. The van der Waals surface area contributed by atoms with Gasteiger partial charge in [0.15, 0.2) is 0 Å². The smallest absolute Gasteiger partial charge is 0.0658 e. The lowest BCUT2D eigenvalue weighted by Crippen LogP contribution is -2.05. The van der Waals surface area contributed by atoms with Gasteiger partial charge in [-0.05, 0) is 61.9 Å². The Kier molecular flexibility index (Phi) is 6.44. The number of benzene rings is 1. The van der Waals surface area contributed by atoms with Crippen molar-refractivity contribution >= 4 is 17.0 Å². The zero-order valence-electron chi connectivity index (χ0n) is 13.5. The standard InChI is InChI=1S/C19H27N/c1-7-10-14(4)16(6)20-19-12-11-18(13-15(19)5)17(8-2)9-3/h8-9,11-14H,2,7,10H2,1,3-6H3/b17-9+,20-16?. The summed E-state index contributed by atoms with van der Waals surface area (Å²) in [5, 5.41) is 0. The van der Waals surface area contributed by atoms with Crippen LogP contribution in [-0.2, 0) is 0 Å². The molecule has 0 heterocycles. The van der Waals surface area contributed by atoms with E-state index in [0.29, 0.717) is 5.92 Å². The Labute approximate surface area is 124 Å². The lowest BCUT2D eigenvalue weighted by Gasteiger charge is -2.11. The number of hydrogen-bond acceptors (Lipinski definition) is 1. The van der Waals surface area contributed by atoms with E-state index in [1.165, 1.54) is 35.3 Å². The highest BCUT2D eigenvalue weighted by atomic mass is 14.7. The molecular weight excluding hydrogens is 242 g/mol. The Bertz CT molecular complexity index is 521. The van der Waals surface area contributed by atoms with Crippen molar-refractivity contribution in [1.82, 2.24) is 0 Å². The number of aryl methyl sites for hydroxylation is 1. The largest absolute Gasteiger partial charge is 0.258 e. The van der Waals surface area contributed by atoms with E-state index in [-0.39, 0.29) is 0 Å². The molecule has 0 fully saturated rings. The summed E-state index contributed by atoms with van der Waals surface area (Å²) in [7, 11) is 0. The monoisotopic (exact) mass is 269 g/mol. The molecule has 0 spiro atoms. The third kappa shape index (κ3) is 4.19. The molecule has 0 amide bonds. The summed E-state index contributed by atoms with van der Waals surface area (Å²) < 4.78 is 0. The summed E-state index contributed by atoms with van der Waals surface area (Å²) in [5.74, 6) is 0.554. The van der Waals surface area contributed by atoms with Gasteiger partial charge in [-0.25, -0.2) is 0 Å². The molecule has 1 heteroatoms. The van der Waals surface area contributed by atoms with Crippen LogP contribution in [-0.4, -0.2) is 5.71 Å². The van der Waals surface area contributed by atoms with Crippen LogP contribution in [0.25, 0.3) is 5.57 Å². The molecule has 0 radical (unpaired) electrons. The van der Waals surface area contributed by atoms with E-state index in [1.54, 1.807) is 0 Å². The van der Waals surface area contributed by atoms with Crippen molar-refractivity contribution in [3.8, 4) is 0 Å². The molecule has 1 nitrogen and oxygen atoms in total. The molecule has 0 N–H and O–H groups in total. The molecule has 0 aliphatic carbocycles. The third-order valence-corrected chi connectivity index (χ3v) is 3.79. The maximum atomic E-state index is 4.80. The van der Waals surface area contributed by atoms with E-state index in [2.05, 4.69) is 58.5 Å². The van der Waals surface area contributed by atoms with Gasteiger partial charge >= 0.3 is 0 Å². The number of aliphatic imine (C=N–C) groups is 1. The summed E-state index contributed by atoms with van der Waals surface area (Å²) in [6.07, 6.45) is 6.38. The molecule has 1 aromatic rings. The Morgan fingerprint density at radius 1 is 1.40 bits per heavy atom. The molecule has 0 saturated carbocycles. The minimum Gasteiger partial charge on any atom is -0.258 e. The minimum absolute atomic E-state index is 0.554. The number of nitrogens with zero attached hydrogens (tertiary/aromatic N) is 1. The highest BCUT2D eigenvalue weighted by Crippen LogP contribution is 2.25. The van der Waals surface area contributed by atoms with Crippen LogP contribution in [0.15, 0.2) is 41.9 Å². The van der Waals surface area contributed by atoms with Crippen LogP contribution in [0.3, 0.4) is 0 Å². The molecule has 1 atom stereocenters. The zero-order chi connectivity index (χ0) is 15.1.